The van der Waals surface area contributed by atoms with Crippen molar-refractivity contribution in [3.63, 3.8) is 0 Å². The Balaban J connectivity index is 1.29. The summed E-state index contributed by atoms with van der Waals surface area (Å²) in [6.45, 7) is 7.90. The molecule has 2 aromatic rings. The molecule has 1 N–H and O–H groups in total. The van der Waals surface area contributed by atoms with E-state index in [-0.39, 0.29) is 24.5 Å². The number of carbonyl (C=O) groups excluding carboxylic acids is 2. The van der Waals surface area contributed by atoms with Crippen LogP contribution in [-0.2, 0) is 20.7 Å². The lowest BCUT2D eigenvalue weighted by molar-refractivity contribution is -0.142. The minimum absolute atomic E-state index is 0.0860. The molecule has 4 rings (SSSR count). The number of carboxylic acids is 1. The van der Waals surface area contributed by atoms with E-state index in [0.29, 0.717) is 38.6 Å². The molecule has 8 heteroatoms. The quantitative estimate of drug-likeness (QED) is 0.419. The second kappa shape index (κ2) is 13.2. The van der Waals surface area contributed by atoms with Crippen LogP contribution in [0.3, 0.4) is 0 Å². The van der Waals surface area contributed by atoms with Gasteiger partial charge in [0, 0.05) is 19.6 Å². The fourth-order valence-electron chi connectivity index (χ4n) is 5.65. The highest BCUT2D eigenvalue weighted by Crippen LogP contribution is 2.31. The molecule has 0 saturated carbocycles. The Bertz CT molecular complexity index is 1140. The standard InChI is InChI=1S/C32H42N2O6/c1-32(2,3)40-31(38)33-18-15-25(16-19-33)24-11-13-28(14-12-24)39-22-27-20-26(21-29(35)36)30(37)34(27)17-7-10-23-8-5-4-6-9-23/h4-6,8-9,11-14,25-27H,7,10,15-22H2,1-3H3,(H,35,36)/t26-,27-/m0/s1. The number of aryl methyl sites for hydroxylation is 1. The molecule has 0 unspecified atom stereocenters. The first-order chi connectivity index (χ1) is 19.1. The van der Waals surface area contributed by atoms with E-state index in [1.165, 1.54) is 11.1 Å². The second-order valence-corrected chi connectivity index (χ2v) is 11.9. The number of carbonyl (C=O) groups is 3. The third-order valence-electron chi connectivity index (χ3n) is 7.70. The van der Waals surface area contributed by atoms with Gasteiger partial charge in [-0.3, -0.25) is 9.59 Å². The van der Waals surface area contributed by atoms with Crippen molar-refractivity contribution in [2.24, 2.45) is 5.92 Å². The third-order valence-corrected chi connectivity index (χ3v) is 7.70. The zero-order valence-electron chi connectivity index (χ0n) is 23.9. The van der Waals surface area contributed by atoms with Crippen LogP contribution in [0.25, 0.3) is 0 Å². The van der Waals surface area contributed by atoms with E-state index < -0.39 is 17.5 Å². The average Bonchev–Trinajstić information content (AvgIpc) is 3.21. The van der Waals surface area contributed by atoms with Crippen molar-refractivity contribution >= 4 is 18.0 Å². The topological polar surface area (TPSA) is 96.4 Å². The number of piperidine rings is 1. The van der Waals surface area contributed by atoms with Gasteiger partial charge in [0.15, 0.2) is 0 Å². The number of hydrogen-bond donors (Lipinski definition) is 1. The Morgan fingerprint density at radius 1 is 1.00 bits per heavy atom. The molecule has 2 aliphatic rings. The molecule has 0 spiro atoms. The molecule has 0 aromatic heterocycles. The molecule has 0 bridgehead atoms. The van der Waals surface area contributed by atoms with Crippen LogP contribution in [-0.4, -0.2) is 70.8 Å². The zero-order valence-corrected chi connectivity index (χ0v) is 23.9. The molecular weight excluding hydrogens is 508 g/mol. The fraction of sp³-hybridized carbons (Fsp3) is 0.531. The summed E-state index contributed by atoms with van der Waals surface area (Å²) in [7, 11) is 0. The summed E-state index contributed by atoms with van der Waals surface area (Å²) in [5, 5.41) is 9.29. The van der Waals surface area contributed by atoms with Crippen LogP contribution in [0, 0.1) is 5.92 Å². The molecule has 2 amide bonds. The van der Waals surface area contributed by atoms with Crippen molar-refractivity contribution in [3.05, 3.63) is 65.7 Å². The molecular formula is C32H42N2O6. The smallest absolute Gasteiger partial charge is 0.410 e. The molecule has 8 nitrogen and oxygen atoms in total. The normalized spacial score (nSPS) is 20.0. The van der Waals surface area contributed by atoms with Gasteiger partial charge in [-0.05, 0) is 82.1 Å². The number of amides is 2. The first-order valence-corrected chi connectivity index (χ1v) is 14.4. The largest absolute Gasteiger partial charge is 0.491 e. The number of rotatable bonds is 10. The lowest BCUT2D eigenvalue weighted by atomic mass is 9.89. The van der Waals surface area contributed by atoms with Crippen LogP contribution in [0.1, 0.15) is 69.9 Å². The Morgan fingerprint density at radius 3 is 2.30 bits per heavy atom. The minimum Gasteiger partial charge on any atom is -0.491 e. The highest BCUT2D eigenvalue weighted by Gasteiger charge is 2.40. The Labute approximate surface area is 237 Å². The number of carboxylic acid groups (broad SMARTS) is 1. The Morgan fingerprint density at radius 2 is 1.68 bits per heavy atom. The summed E-state index contributed by atoms with van der Waals surface area (Å²) in [4.78, 5) is 40.3. The van der Waals surface area contributed by atoms with Gasteiger partial charge in [-0.25, -0.2) is 4.79 Å². The van der Waals surface area contributed by atoms with Gasteiger partial charge in [0.2, 0.25) is 5.91 Å². The van der Waals surface area contributed by atoms with Crippen LogP contribution in [0.4, 0.5) is 4.79 Å². The van der Waals surface area contributed by atoms with Crippen LogP contribution >= 0.6 is 0 Å². The maximum absolute atomic E-state index is 13.0. The molecule has 0 radical (unpaired) electrons. The van der Waals surface area contributed by atoms with Gasteiger partial charge in [-0.2, -0.15) is 0 Å². The van der Waals surface area contributed by atoms with E-state index in [1.54, 1.807) is 4.90 Å². The molecule has 2 heterocycles. The Kier molecular flexibility index (Phi) is 9.71. The van der Waals surface area contributed by atoms with Crippen molar-refractivity contribution < 1.29 is 29.0 Å². The number of nitrogens with zero attached hydrogens (tertiary/aromatic N) is 2. The molecule has 2 saturated heterocycles. The van der Waals surface area contributed by atoms with E-state index >= 15 is 0 Å². The summed E-state index contributed by atoms with van der Waals surface area (Å²) in [5.41, 5.74) is 1.95. The summed E-state index contributed by atoms with van der Waals surface area (Å²) in [6.07, 6.45) is 3.53. The monoisotopic (exact) mass is 550 g/mol. The summed E-state index contributed by atoms with van der Waals surface area (Å²) < 4.78 is 11.6. The summed E-state index contributed by atoms with van der Waals surface area (Å²) >= 11 is 0. The minimum atomic E-state index is -0.948. The van der Waals surface area contributed by atoms with Crippen LogP contribution in [0.5, 0.6) is 5.75 Å². The number of ether oxygens (including phenoxy) is 2. The van der Waals surface area contributed by atoms with Gasteiger partial charge in [-0.15, -0.1) is 0 Å². The maximum Gasteiger partial charge on any atom is 0.410 e. The van der Waals surface area contributed by atoms with Crippen LogP contribution in [0.15, 0.2) is 54.6 Å². The number of likely N-dealkylation sites (tertiary alicyclic amines) is 2. The molecule has 40 heavy (non-hydrogen) atoms. The number of benzene rings is 2. The molecule has 2 aliphatic heterocycles. The highest BCUT2D eigenvalue weighted by atomic mass is 16.6. The first-order valence-electron chi connectivity index (χ1n) is 14.4. The van der Waals surface area contributed by atoms with Gasteiger partial charge in [0.1, 0.15) is 18.0 Å². The number of aliphatic carboxylic acids is 1. The van der Waals surface area contributed by atoms with E-state index in [0.717, 1.165) is 31.4 Å². The van der Waals surface area contributed by atoms with Gasteiger partial charge < -0.3 is 24.4 Å². The van der Waals surface area contributed by atoms with Gasteiger partial charge in [0.05, 0.1) is 18.4 Å². The van der Waals surface area contributed by atoms with E-state index in [4.69, 9.17) is 9.47 Å². The van der Waals surface area contributed by atoms with Crippen LogP contribution in [0.2, 0.25) is 0 Å². The molecule has 0 aliphatic carbocycles. The molecule has 216 valence electrons. The highest BCUT2D eigenvalue weighted by molar-refractivity contribution is 5.85. The number of hydrogen-bond acceptors (Lipinski definition) is 5. The van der Waals surface area contributed by atoms with E-state index in [9.17, 15) is 19.5 Å². The van der Waals surface area contributed by atoms with Crippen molar-refractivity contribution in [1.29, 1.82) is 0 Å². The maximum atomic E-state index is 13.0. The van der Waals surface area contributed by atoms with Crippen molar-refractivity contribution in [1.82, 2.24) is 9.80 Å². The predicted octanol–water partition coefficient (Wildman–Crippen LogP) is 5.50. The van der Waals surface area contributed by atoms with E-state index in [1.807, 2.05) is 56.0 Å². The van der Waals surface area contributed by atoms with Gasteiger partial charge in [-0.1, -0.05) is 42.5 Å². The van der Waals surface area contributed by atoms with Crippen LogP contribution < -0.4 is 4.74 Å². The lowest BCUT2D eigenvalue weighted by Gasteiger charge is -2.33. The third kappa shape index (κ3) is 8.23. The fourth-order valence-corrected chi connectivity index (χ4v) is 5.65. The zero-order chi connectivity index (χ0) is 28.7. The SMILES string of the molecule is CC(C)(C)OC(=O)N1CCC(c2ccc(OC[C@@H]3C[C@@H](CC(=O)O)C(=O)N3CCCc3ccccc3)cc2)CC1. The van der Waals surface area contributed by atoms with E-state index in [2.05, 4.69) is 24.3 Å². The predicted molar refractivity (Wildman–Crippen MR) is 152 cm³/mol. The Hall–Kier alpha value is -3.55. The summed E-state index contributed by atoms with van der Waals surface area (Å²) in [6, 6.07) is 18.1. The lowest BCUT2D eigenvalue weighted by Crippen LogP contribution is -2.41. The molecule has 2 atom stereocenters. The molecule has 2 fully saturated rings. The molecule has 2 aromatic carbocycles. The van der Waals surface area contributed by atoms with Crippen molar-refractivity contribution in [3.8, 4) is 5.75 Å². The second-order valence-electron chi connectivity index (χ2n) is 11.9. The van der Waals surface area contributed by atoms with Gasteiger partial charge in [0.25, 0.3) is 0 Å². The first kappa shape index (κ1) is 29.4. The summed E-state index contributed by atoms with van der Waals surface area (Å²) in [5.74, 6) is -0.434. The average molecular weight is 551 g/mol. The van der Waals surface area contributed by atoms with Crippen molar-refractivity contribution in [2.75, 3.05) is 26.2 Å². The van der Waals surface area contributed by atoms with Gasteiger partial charge >= 0.3 is 12.1 Å². The van der Waals surface area contributed by atoms with Crippen molar-refractivity contribution in [2.45, 2.75) is 76.9 Å².